The van der Waals surface area contributed by atoms with Crippen LogP contribution < -0.4 is 5.73 Å². The lowest BCUT2D eigenvalue weighted by atomic mass is 9.90. The largest absolute Gasteiger partial charge is 0.469 e. The van der Waals surface area contributed by atoms with Gasteiger partial charge in [-0.1, -0.05) is 27.5 Å². The van der Waals surface area contributed by atoms with Crippen LogP contribution in [0, 0.1) is 0 Å². The molecular formula is C11H13BrClNO2. The molecule has 0 bridgehead atoms. The molecule has 0 heterocycles. The summed E-state index contributed by atoms with van der Waals surface area (Å²) in [5.41, 5.74) is 5.96. The van der Waals surface area contributed by atoms with Gasteiger partial charge in [-0.05, 0) is 30.7 Å². The van der Waals surface area contributed by atoms with Crippen molar-refractivity contribution in [2.45, 2.75) is 18.9 Å². The van der Waals surface area contributed by atoms with Crippen LogP contribution in [0.15, 0.2) is 22.7 Å². The van der Waals surface area contributed by atoms with E-state index in [-0.39, 0.29) is 12.4 Å². The summed E-state index contributed by atoms with van der Waals surface area (Å²) >= 11 is 9.40. The molecule has 1 aromatic carbocycles. The van der Waals surface area contributed by atoms with Gasteiger partial charge in [0.2, 0.25) is 0 Å². The number of hydrogen-bond donors (Lipinski definition) is 1. The van der Waals surface area contributed by atoms with Gasteiger partial charge in [-0.25, -0.2) is 0 Å². The van der Waals surface area contributed by atoms with Gasteiger partial charge in [0.1, 0.15) is 0 Å². The summed E-state index contributed by atoms with van der Waals surface area (Å²) in [6, 6.07) is 5.37. The van der Waals surface area contributed by atoms with Crippen molar-refractivity contribution < 1.29 is 9.53 Å². The first-order valence-corrected chi connectivity index (χ1v) is 5.85. The second-order valence-electron chi connectivity index (χ2n) is 3.79. The van der Waals surface area contributed by atoms with E-state index in [1.165, 1.54) is 7.11 Å². The van der Waals surface area contributed by atoms with Gasteiger partial charge in [0.15, 0.2) is 0 Å². The van der Waals surface area contributed by atoms with Crippen molar-refractivity contribution in [2.75, 3.05) is 7.11 Å². The van der Waals surface area contributed by atoms with Crippen molar-refractivity contribution in [3.63, 3.8) is 0 Å². The molecule has 0 amide bonds. The molecule has 88 valence electrons. The Kier molecular flexibility index (Phi) is 4.35. The lowest BCUT2D eigenvalue weighted by Crippen LogP contribution is -2.36. The number of carbonyl (C=O) groups excluding carboxylic acids is 1. The molecule has 2 N–H and O–H groups in total. The number of benzene rings is 1. The Balaban J connectivity index is 3.05. The molecule has 1 aromatic rings. The molecule has 0 aliphatic carbocycles. The first-order valence-electron chi connectivity index (χ1n) is 4.68. The first-order chi connectivity index (χ1) is 7.36. The summed E-state index contributed by atoms with van der Waals surface area (Å²) in [5.74, 6) is -0.360. The summed E-state index contributed by atoms with van der Waals surface area (Å²) in [4.78, 5) is 11.2. The van der Waals surface area contributed by atoms with Gasteiger partial charge in [0, 0.05) is 9.50 Å². The molecule has 0 fully saturated rings. The SMILES string of the molecule is COC(=O)C[C@](C)(N)c1cc(Br)ccc1Cl. The van der Waals surface area contributed by atoms with Gasteiger partial charge < -0.3 is 10.5 Å². The number of carbonyl (C=O) groups is 1. The average molecular weight is 307 g/mol. The number of nitrogens with two attached hydrogens (primary N) is 1. The van der Waals surface area contributed by atoms with Crippen molar-refractivity contribution in [1.29, 1.82) is 0 Å². The molecule has 0 unspecified atom stereocenters. The summed E-state index contributed by atoms with van der Waals surface area (Å²) in [7, 11) is 1.33. The maximum atomic E-state index is 11.2. The van der Waals surface area contributed by atoms with Crippen LogP contribution >= 0.6 is 27.5 Å². The molecule has 0 aromatic heterocycles. The fourth-order valence-electron chi connectivity index (χ4n) is 1.40. The van der Waals surface area contributed by atoms with Gasteiger partial charge in [-0.2, -0.15) is 0 Å². The number of methoxy groups -OCH3 is 1. The number of esters is 1. The molecule has 1 atom stereocenters. The number of rotatable bonds is 3. The second kappa shape index (κ2) is 5.17. The third-order valence-electron chi connectivity index (χ3n) is 2.28. The summed E-state index contributed by atoms with van der Waals surface area (Å²) < 4.78 is 5.47. The first kappa shape index (κ1) is 13.5. The predicted molar refractivity (Wildman–Crippen MR) is 67.3 cm³/mol. The quantitative estimate of drug-likeness (QED) is 0.874. The van der Waals surface area contributed by atoms with E-state index < -0.39 is 5.54 Å². The zero-order valence-corrected chi connectivity index (χ0v) is 11.4. The topological polar surface area (TPSA) is 52.3 Å². The van der Waals surface area contributed by atoms with Gasteiger partial charge in [-0.15, -0.1) is 0 Å². The molecule has 1 rings (SSSR count). The van der Waals surface area contributed by atoms with Crippen LogP contribution in [0.3, 0.4) is 0 Å². The van der Waals surface area contributed by atoms with E-state index in [1.807, 2.05) is 12.1 Å². The zero-order chi connectivity index (χ0) is 12.3. The van der Waals surface area contributed by atoms with Crippen molar-refractivity contribution in [2.24, 2.45) is 5.73 Å². The smallest absolute Gasteiger partial charge is 0.307 e. The third-order valence-corrected chi connectivity index (χ3v) is 3.11. The standard InChI is InChI=1S/C11H13BrClNO2/c1-11(14,6-10(15)16-2)8-5-7(12)3-4-9(8)13/h3-5H,6,14H2,1-2H3/t11-/m0/s1. The van der Waals surface area contributed by atoms with Crippen LogP contribution in [-0.2, 0) is 15.1 Å². The monoisotopic (exact) mass is 305 g/mol. The number of hydrogen-bond acceptors (Lipinski definition) is 3. The van der Waals surface area contributed by atoms with Gasteiger partial charge >= 0.3 is 5.97 Å². The average Bonchev–Trinajstić information content (AvgIpc) is 2.20. The zero-order valence-electron chi connectivity index (χ0n) is 9.09. The fourth-order valence-corrected chi connectivity index (χ4v) is 2.10. The molecule has 0 spiro atoms. The minimum absolute atomic E-state index is 0.0830. The van der Waals surface area contributed by atoms with Gasteiger partial charge in [0.25, 0.3) is 0 Å². The van der Waals surface area contributed by atoms with Crippen LogP contribution in [0.25, 0.3) is 0 Å². The third kappa shape index (κ3) is 3.20. The van der Waals surface area contributed by atoms with E-state index in [1.54, 1.807) is 13.0 Å². The number of halogens is 2. The van der Waals surface area contributed by atoms with Crippen molar-refractivity contribution >= 4 is 33.5 Å². The summed E-state index contributed by atoms with van der Waals surface area (Å²) in [5, 5.41) is 0.539. The molecule has 3 nitrogen and oxygen atoms in total. The number of ether oxygens (including phenoxy) is 1. The molecule has 0 radical (unpaired) electrons. The maximum absolute atomic E-state index is 11.2. The highest BCUT2D eigenvalue weighted by Gasteiger charge is 2.27. The molecular weight excluding hydrogens is 293 g/mol. The predicted octanol–water partition coefficient (Wildman–Crippen LogP) is 2.84. The minimum Gasteiger partial charge on any atom is -0.469 e. The Morgan fingerprint density at radius 1 is 1.62 bits per heavy atom. The minimum atomic E-state index is -0.839. The van der Waals surface area contributed by atoms with Crippen molar-refractivity contribution in [3.05, 3.63) is 33.3 Å². The van der Waals surface area contributed by atoms with E-state index in [0.29, 0.717) is 10.6 Å². The van der Waals surface area contributed by atoms with Crippen LogP contribution in [-0.4, -0.2) is 13.1 Å². The molecule has 16 heavy (non-hydrogen) atoms. The Morgan fingerprint density at radius 2 is 2.25 bits per heavy atom. The molecule has 5 heteroatoms. The van der Waals surface area contributed by atoms with Crippen LogP contribution in [0.1, 0.15) is 18.9 Å². The maximum Gasteiger partial charge on any atom is 0.307 e. The van der Waals surface area contributed by atoms with E-state index in [4.69, 9.17) is 17.3 Å². The summed E-state index contributed by atoms with van der Waals surface area (Å²) in [6.45, 7) is 1.75. The Hall–Kier alpha value is -0.580. The molecule has 0 aliphatic heterocycles. The lowest BCUT2D eigenvalue weighted by molar-refractivity contribution is -0.141. The van der Waals surface area contributed by atoms with Gasteiger partial charge in [0.05, 0.1) is 19.1 Å². The van der Waals surface area contributed by atoms with E-state index in [0.717, 1.165) is 4.47 Å². The Morgan fingerprint density at radius 3 is 2.81 bits per heavy atom. The second-order valence-corrected chi connectivity index (χ2v) is 5.12. The lowest BCUT2D eigenvalue weighted by Gasteiger charge is -2.25. The van der Waals surface area contributed by atoms with E-state index in [9.17, 15) is 4.79 Å². The normalized spacial score (nSPS) is 14.3. The van der Waals surface area contributed by atoms with Crippen molar-refractivity contribution in [1.82, 2.24) is 0 Å². The highest BCUT2D eigenvalue weighted by atomic mass is 79.9. The van der Waals surface area contributed by atoms with Crippen LogP contribution in [0.4, 0.5) is 0 Å². The van der Waals surface area contributed by atoms with E-state index in [2.05, 4.69) is 20.7 Å². The molecule has 0 saturated carbocycles. The van der Waals surface area contributed by atoms with E-state index >= 15 is 0 Å². The fraction of sp³-hybridized carbons (Fsp3) is 0.364. The van der Waals surface area contributed by atoms with Crippen LogP contribution in [0.2, 0.25) is 5.02 Å². The highest BCUT2D eigenvalue weighted by Crippen LogP contribution is 2.31. The Bertz CT molecular complexity index is 407. The molecule has 0 saturated heterocycles. The molecule has 0 aliphatic rings. The van der Waals surface area contributed by atoms with Crippen molar-refractivity contribution in [3.8, 4) is 0 Å². The summed E-state index contributed by atoms with van der Waals surface area (Å²) in [6.07, 6.45) is 0.0830. The van der Waals surface area contributed by atoms with Crippen LogP contribution in [0.5, 0.6) is 0 Å². The Labute approximate surface area is 108 Å². The highest BCUT2D eigenvalue weighted by molar-refractivity contribution is 9.10. The van der Waals surface area contributed by atoms with Gasteiger partial charge in [-0.3, -0.25) is 4.79 Å².